The molecule has 0 saturated heterocycles. The molecule has 3 aromatic rings. The number of nitrogens with one attached hydrogen (secondary N) is 1. The molecular weight excluding hydrogens is 312 g/mol. The first-order chi connectivity index (χ1) is 12.3. The second-order valence-electron chi connectivity index (χ2n) is 6.10. The van der Waals surface area contributed by atoms with Crippen LogP contribution in [0.15, 0.2) is 60.8 Å². The van der Waals surface area contributed by atoms with E-state index in [2.05, 4.69) is 16.5 Å². The van der Waals surface area contributed by atoms with Crippen LogP contribution in [-0.2, 0) is 11.3 Å². The second kappa shape index (κ2) is 6.25. The molecule has 0 spiro atoms. The van der Waals surface area contributed by atoms with E-state index < -0.39 is 0 Å². The van der Waals surface area contributed by atoms with Gasteiger partial charge in [-0.15, -0.1) is 0 Å². The Bertz CT molecular complexity index is 969. The summed E-state index contributed by atoms with van der Waals surface area (Å²) in [5, 5.41) is 16.8. The molecule has 25 heavy (non-hydrogen) atoms. The van der Waals surface area contributed by atoms with Crippen LogP contribution in [0.3, 0.4) is 0 Å². The van der Waals surface area contributed by atoms with Crippen LogP contribution in [-0.4, -0.2) is 15.7 Å². The molecule has 4 rings (SSSR count). The topological polar surface area (TPSA) is 70.7 Å². The Labute approximate surface area is 145 Å². The summed E-state index contributed by atoms with van der Waals surface area (Å²) < 4.78 is 1.81. The van der Waals surface area contributed by atoms with E-state index in [1.54, 1.807) is 12.3 Å². The Kier molecular flexibility index (Phi) is 3.79. The molecule has 0 fully saturated rings. The van der Waals surface area contributed by atoms with Crippen molar-refractivity contribution in [3.8, 4) is 6.07 Å². The molecular formula is C20H16N4O. The van der Waals surface area contributed by atoms with Crippen LogP contribution >= 0.6 is 0 Å². The van der Waals surface area contributed by atoms with Gasteiger partial charge in [-0.05, 0) is 17.2 Å². The minimum Gasteiger partial charge on any atom is -0.311 e. The monoisotopic (exact) mass is 328 g/mol. The number of anilines is 1. The van der Waals surface area contributed by atoms with Crippen molar-refractivity contribution in [3.05, 3.63) is 83.0 Å². The van der Waals surface area contributed by atoms with Crippen LogP contribution in [0.2, 0.25) is 0 Å². The fourth-order valence-electron chi connectivity index (χ4n) is 3.33. The first-order valence-electron chi connectivity index (χ1n) is 8.15. The van der Waals surface area contributed by atoms with Gasteiger partial charge in [-0.2, -0.15) is 10.4 Å². The normalized spacial score (nSPS) is 16.0. The zero-order valence-corrected chi connectivity index (χ0v) is 13.5. The van der Waals surface area contributed by atoms with E-state index in [1.807, 2.05) is 53.2 Å². The first-order valence-corrected chi connectivity index (χ1v) is 8.15. The summed E-state index contributed by atoms with van der Waals surface area (Å²) >= 11 is 0. The minimum absolute atomic E-state index is 0.0555. The van der Waals surface area contributed by atoms with Gasteiger partial charge in [-0.1, -0.05) is 48.5 Å². The molecule has 5 nitrogen and oxygen atoms in total. The molecule has 2 heterocycles. The molecule has 1 aromatic heterocycles. The Hall–Kier alpha value is -3.39. The summed E-state index contributed by atoms with van der Waals surface area (Å²) in [6, 6.07) is 19.7. The molecule has 1 N–H and O–H groups in total. The maximum atomic E-state index is 12.3. The molecule has 1 aliphatic rings. The van der Waals surface area contributed by atoms with Gasteiger partial charge in [0.15, 0.2) is 0 Å². The number of carbonyl (C=O) groups is 1. The van der Waals surface area contributed by atoms with Crippen molar-refractivity contribution in [2.45, 2.75) is 18.9 Å². The smallest absolute Gasteiger partial charge is 0.226 e. The minimum atomic E-state index is -0.149. The Morgan fingerprint density at radius 1 is 1.12 bits per heavy atom. The highest BCUT2D eigenvalue weighted by Gasteiger charge is 2.31. The lowest BCUT2D eigenvalue weighted by Crippen LogP contribution is -2.25. The fourth-order valence-corrected chi connectivity index (χ4v) is 3.33. The number of aromatic nitrogens is 2. The number of carbonyl (C=O) groups excluding carboxylic acids is 1. The van der Waals surface area contributed by atoms with E-state index in [1.165, 1.54) is 0 Å². The Morgan fingerprint density at radius 3 is 2.68 bits per heavy atom. The quantitative estimate of drug-likeness (QED) is 0.802. The fraction of sp³-hybridized carbons (Fsp3) is 0.150. The predicted octanol–water partition coefficient (Wildman–Crippen LogP) is 3.28. The summed E-state index contributed by atoms with van der Waals surface area (Å²) in [6.07, 6.45) is 2.12. The highest BCUT2D eigenvalue weighted by molar-refractivity contribution is 5.94. The lowest BCUT2D eigenvalue weighted by atomic mass is 9.85. The maximum absolute atomic E-state index is 12.3. The van der Waals surface area contributed by atoms with Gasteiger partial charge in [0.2, 0.25) is 5.91 Å². The van der Waals surface area contributed by atoms with E-state index in [0.717, 1.165) is 22.5 Å². The second-order valence-corrected chi connectivity index (χ2v) is 6.10. The number of fused-ring (bicyclic) bond motifs is 1. The third-order valence-corrected chi connectivity index (χ3v) is 4.52. The molecule has 122 valence electrons. The number of nitriles is 1. The van der Waals surface area contributed by atoms with E-state index in [0.29, 0.717) is 18.5 Å². The largest absolute Gasteiger partial charge is 0.311 e. The van der Waals surface area contributed by atoms with E-state index >= 15 is 0 Å². The predicted molar refractivity (Wildman–Crippen MR) is 94.0 cm³/mol. The maximum Gasteiger partial charge on any atom is 0.226 e. The van der Waals surface area contributed by atoms with Gasteiger partial charge >= 0.3 is 0 Å². The molecule has 0 aliphatic carbocycles. The van der Waals surface area contributed by atoms with Crippen molar-refractivity contribution in [2.24, 2.45) is 0 Å². The standard InChI is InChI=1S/C20H16N4O/c21-11-15-8-4-5-9-16(15)17-10-19(25)23-20-18(17)12-22-24(20)13-14-6-2-1-3-7-14/h1-9,12,17H,10,13H2,(H,23,25). The van der Waals surface area contributed by atoms with Crippen LogP contribution in [0.4, 0.5) is 5.82 Å². The van der Waals surface area contributed by atoms with Crippen molar-refractivity contribution in [2.75, 3.05) is 5.32 Å². The van der Waals surface area contributed by atoms with Crippen molar-refractivity contribution >= 4 is 11.7 Å². The molecule has 1 unspecified atom stereocenters. The van der Waals surface area contributed by atoms with Gasteiger partial charge in [0.1, 0.15) is 5.82 Å². The summed E-state index contributed by atoms with van der Waals surface area (Å²) in [4.78, 5) is 12.3. The third kappa shape index (κ3) is 2.79. The molecule has 1 aliphatic heterocycles. The number of benzene rings is 2. The van der Waals surface area contributed by atoms with Crippen molar-refractivity contribution in [1.82, 2.24) is 9.78 Å². The summed E-state index contributed by atoms with van der Waals surface area (Å²) in [5.74, 6) is 0.516. The zero-order valence-electron chi connectivity index (χ0n) is 13.5. The molecule has 1 atom stereocenters. The summed E-state index contributed by atoms with van der Waals surface area (Å²) in [6.45, 7) is 0.586. The molecule has 0 radical (unpaired) electrons. The molecule has 0 saturated carbocycles. The number of amides is 1. The van der Waals surface area contributed by atoms with Crippen LogP contribution in [0.25, 0.3) is 0 Å². The third-order valence-electron chi connectivity index (χ3n) is 4.52. The van der Waals surface area contributed by atoms with Crippen LogP contribution in [0, 0.1) is 11.3 Å². The zero-order chi connectivity index (χ0) is 17.2. The number of rotatable bonds is 3. The van der Waals surface area contributed by atoms with E-state index in [-0.39, 0.29) is 11.8 Å². The van der Waals surface area contributed by atoms with Crippen LogP contribution < -0.4 is 5.32 Å². The average Bonchev–Trinajstić information content (AvgIpc) is 3.04. The molecule has 1 amide bonds. The summed E-state index contributed by atoms with van der Waals surface area (Å²) in [7, 11) is 0. The van der Waals surface area contributed by atoms with E-state index in [9.17, 15) is 10.1 Å². The molecule has 2 aromatic carbocycles. The van der Waals surface area contributed by atoms with Crippen molar-refractivity contribution < 1.29 is 4.79 Å². The van der Waals surface area contributed by atoms with Crippen LogP contribution in [0.1, 0.15) is 34.6 Å². The van der Waals surface area contributed by atoms with Gasteiger partial charge < -0.3 is 5.32 Å². The van der Waals surface area contributed by atoms with Gasteiger partial charge in [-0.3, -0.25) is 4.79 Å². The average molecular weight is 328 g/mol. The van der Waals surface area contributed by atoms with Crippen molar-refractivity contribution in [1.29, 1.82) is 5.26 Å². The van der Waals surface area contributed by atoms with Gasteiger partial charge in [0.05, 0.1) is 24.4 Å². The molecule has 0 bridgehead atoms. The SMILES string of the molecule is N#Cc1ccccc1C1CC(=O)Nc2c1cnn2Cc1ccccc1. The van der Waals surface area contributed by atoms with Gasteiger partial charge in [0.25, 0.3) is 0 Å². The molecule has 5 heteroatoms. The Morgan fingerprint density at radius 2 is 1.88 bits per heavy atom. The van der Waals surface area contributed by atoms with Gasteiger partial charge in [0, 0.05) is 17.9 Å². The lowest BCUT2D eigenvalue weighted by molar-refractivity contribution is -0.116. The van der Waals surface area contributed by atoms with Crippen molar-refractivity contribution in [3.63, 3.8) is 0 Å². The lowest BCUT2D eigenvalue weighted by Gasteiger charge is -2.24. The van der Waals surface area contributed by atoms with Gasteiger partial charge in [-0.25, -0.2) is 4.68 Å². The van der Waals surface area contributed by atoms with E-state index in [4.69, 9.17) is 0 Å². The summed E-state index contributed by atoms with van der Waals surface area (Å²) in [5.41, 5.74) is 3.55. The van der Waals surface area contributed by atoms with Crippen LogP contribution in [0.5, 0.6) is 0 Å². The number of hydrogen-bond acceptors (Lipinski definition) is 3. The highest BCUT2D eigenvalue weighted by atomic mass is 16.1. The highest BCUT2D eigenvalue weighted by Crippen LogP contribution is 2.38. The first kappa shape index (κ1) is 15.2. The Balaban J connectivity index is 1.75. The number of nitrogens with zero attached hydrogens (tertiary/aromatic N) is 3. The number of hydrogen-bond donors (Lipinski definition) is 1.